The van der Waals surface area contributed by atoms with Gasteiger partial charge in [-0.1, -0.05) is 19.9 Å². The summed E-state index contributed by atoms with van der Waals surface area (Å²) >= 11 is 1.77. The maximum atomic E-state index is 12.9. The third kappa shape index (κ3) is 6.81. The summed E-state index contributed by atoms with van der Waals surface area (Å²) in [5.41, 5.74) is 0.982. The van der Waals surface area contributed by atoms with E-state index in [1.807, 2.05) is 24.4 Å². The van der Waals surface area contributed by atoms with Crippen LogP contribution in [0, 0.1) is 5.92 Å². The molecule has 1 aromatic rings. The number of rotatable bonds is 8. The van der Waals surface area contributed by atoms with Crippen molar-refractivity contribution in [3.63, 3.8) is 0 Å². The fourth-order valence-electron chi connectivity index (χ4n) is 2.96. The van der Waals surface area contributed by atoms with Crippen LogP contribution in [0.5, 0.6) is 0 Å². The van der Waals surface area contributed by atoms with Gasteiger partial charge in [-0.3, -0.25) is 9.78 Å². The molecule has 0 saturated carbocycles. The van der Waals surface area contributed by atoms with Crippen LogP contribution in [0.2, 0.25) is 0 Å². The first-order valence-electron chi connectivity index (χ1n) is 9.14. The molecule has 1 aromatic heterocycles. The molecule has 1 N–H and O–H groups in total. The third-order valence-corrected chi connectivity index (χ3v) is 5.41. The van der Waals surface area contributed by atoms with E-state index in [2.05, 4.69) is 29.0 Å². The Bertz CT molecular complexity index is 473. The van der Waals surface area contributed by atoms with E-state index in [-0.39, 0.29) is 5.91 Å². The first kappa shape index (κ1) is 19.3. The Balaban J connectivity index is 1.96. The SMILES string of the molecule is CC(C)CCSCC(=O)N(Cc1ccccn1)C1CCCNCC1. The number of pyridine rings is 1. The number of carbonyl (C=O) groups is 1. The van der Waals surface area contributed by atoms with Gasteiger partial charge in [0.05, 0.1) is 18.0 Å². The van der Waals surface area contributed by atoms with Gasteiger partial charge in [-0.2, -0.15) is 11.8 Å². The maximum Gasteiger partial charge on any atom is 0.233 e. The van der Waals surface area contributed by atoms with Crippen molar-refractivity contribution in [2.45, 2.75) is 52.1 Å². The van der Waals surface area contributed by atoms with Crippen molar-refractivity contribution >= 4 is 17.7 Å². The summed E-state index contributed by atoms with van der Waals surface area (Å²) in [6.45, 7) is 7.15. The molecule has 0 radical (unpaired) electrons. The molecule has 2 heterocycles. The van der Waals surface area contributed by atoms with Crippen molar-refractivity contribution in [3.8, 4) is 0 Å². The molecule has 1 amide bonds. The average molecular weight is 350 g/mol. The number of hydrogen-bond donors (Lipinski definition) is 1. The van der Waals surface area contributed by atoms with E-state index in [9.17, 15) is 4.79 Å². The largest absolute Gasteiger partial charge is 0.333 e. The predicted molar refractivity (Wildman–Crippen MR) is 102 cm³/mol. The lowest BCUT2D eigenvalue weighted by molar-refractivity contribution is -0.131. The Morgan fingerprint density at radius 1 is 1.38 bits per heavy atom. The van der Waals surface area contributed by atoms with Gasteiger partial charge in [0.1, 0.15) is 0 Å². The molecule has 5 heteroatoms. The van der Waals surface area contributed by atoms with Gasteiger partial charge in [-0.15, -0.1) is 0 Å². The zero-order valence-corrected chi connectivity index (χ0v) is 15.9. The van der Waals surface area contributed by atoms with Gasteiger partial charge in [-0.25, -0.2) is 0 Å². The topological polar surface area (TPSA) is 45.2 Å². The second kappa shape index (κ2) is 10.7. The van der Waals surface area contributed by atoms with E-state index in [0.29, 0.717) is 24.3 Å². The highest BCUT2D eigenvalue weighted by Crippen LogP contribution is 2.18. The van der Waals surface area contributed by atoms with E-state index >= 15 is 0 Å². The minimum absolute atomic E-state index is 0.265. The molecule has 1 aliphatic rings. The quantitative estimate of drug-likeness (QED) is 0.731. The van der Waals surface area contributed by atoms with E-state index in [0.717, 1.165) is 43.8 Å². The average Bonchev–Trinajstić information content (AvgIpc) is 2.86. The molecule has 1 unspecified atom stereocenters. The molecule has 24 heavy (non-hydrogen) atoms. The Morgan fingerprint density at radius 3 is 3.00 bits per heavy atom. The first-order chi connectivity index (χ1) is 11.7. The highest BCUT2D eigenvalue weighted by atomic mass is 32.2. The lowest BCUT2D eigenvalue weighted by atomic mass is 10.1. The van der Waals surface area contributed by atoms with Gasteiger partial charge in [0, 0.05) is 12.2 Å². The minimum Gasteiger partial charge on any atom is -0.333 e. The lowest BCUT2D eigenvalue weighted by Crippen LogP contribution is -2.41. The zero-order valence-electron chi connectivity index (χ0n) is 15.0. The van der Waals surface area contributed by atoms with Gasteiger partial charge in [0.25, 0.3) is 0 Å². The molecule has 0 aromatic carbocycles. The van der Waals surface area contributed by atoms with Crippen LogP contribution in [0.1, 0.15) is 45.2 Å². The van der Waals surface area contributed by atoms with Crippen molar-refractivity contribution in [1.82, 2.24) is 15.2 Å². The molecule has 0 spiro atoms. The predicted octanol–water partition coefficient (Wildman–Crippen LogP) is 3.33. The van der Waals surface area contributed by atoms with Crippen LogP contribution < -0.4 is 5.32 Å². The van der Waals surface area contributed by atoms with Crippen LogP contribution >= 0.6 is 11.8 Å². The molecule has 0 aliphatic carbocycles. The summed E-state index contributed by atoms with van der Waals surface area (Å²) in [6.07, 6.45) is 6.24. The third-order valence-electron chi connectivity index (χ3n) is 4.43. The summed E-state index contributed by atoms with van der Waals surface area (Å²) in [5, 5.41) is 3.44. The smallest absolute Gasteiger partial charge is 0.233 e. The number of thioether (sulfide) groups is 1. The monoisotopic (exact) mass is 349 g/mol. The first-order valence-corrected chi connectivity index (χ1v) is 10.3. The summed E-state index contributed by atoms with van der Waals surface area (Å²) < 4.78 is 0. The van der Waals surface area contributed by atoms with Crippen molar-refractivity contribution in [2.75, 3.05) is 24.6 Å². The molecule has 134 valence electrons. The van der Waals surface area contributed by atoms with Gasteiger partial charge in [-0.05, 0) is 62.6 Å². The molecule has 1 fully saturated rings. The van der Waals surface area contributed by atoms with E-state index in [1.54, 1.807) is 11.8 Å². The van der Waals surface area contributed by atoms with Crippen LogP contribution in [0.25, 0.3) is 0 Å². The Labute approximate surface area is 150 Å². The van der Waals surface area contributed by atoms with Gasteiger partial charge in [0.15, 0.2) is 0 Å². The summed E-state index contributed by atoms with van der Waals surface area (Å²) in [6, 6.07) is 6.27. The molecule has 2 rings (SSSR count). The van der Waals surface area contributed by atoms with Gasteiger partial charge in [0.2, 0.25) is 5.91 Å². The fraction of sp³-hybridized carbons (Fsp3) is 0.684. The number of nitrogens with zero attached hydrogens (tertiary/aromatic N) is 2. The van der Waals surface area contributed by atoms with Crippen LogP contribution in [0.15, 0.2) is 24.4 Å². The second-order valence-corrected chi connectivity index (χ2v) is 8.02. The highest BCUT2D eigenvalue weighted by Gasteiger charge is 2.24. The van der Waals surface area contributed by atoms with Crippen molar-refractivity contribution in [3.05, 3.63) is 30.1 Å². The lowest BCUT2D eigenvalue weighted by Gasteiger charge is -2.31. The number of amides is 1. The number of hydrogen-bond acceptors (Lipinski definition) is 4. The van der Waals surface area contributed by atoms with Crippen LogP contribution in [0.4, 0.5) is 0 Å². The summed E-state index contributed by atoms with van der Waals surface area (Å²) in [4.78, 5) is 19.4. The highest BCUT2D eigenvalue weighted by molar-refractivity contribution is 7.99. The van der Waals surface area contributed by atoms with Gasteiger partial charge >= 0.3 is 0 Å². The zero-order chi connectivity index (χ0) is 17.2. The van der Waals surface area contributed by atoms with Crippen LogP contribution in [-0.2, 0) is 11.3 Å². The second-order valence-electron chi connectivity index (χ2n) is 6.91. The summed E-state index contributed by atoms with van der Waals surface area (Å²) in [7, 11) is 0. The Morgan fingerprint density at radius 2 is 2.25 bits per heavy atom. The van der Waals surface area contributed by atoms with E-state index in [1.165, 1.54) is 6.42 Å². The molecule has 1 atom stereocenters. The van der Waals surface area contributed by atoms with Crippen LogP contribution in [-0.4, -0.2) is 46.4 Å². The minimum atomic E-state index is 0.265. The molecular weight excluding hydrogens is 318 g/mol. The molecular formula is C19H31N3OS. The van der Waals surface area contributed by atoms with Crippen molar-refractivity contribution in [2.24, 2.45) is 5.92 Å². The summed E-state index contributed by atoms with van der Waals surface area (Å²) in [5.74, 6) is 2.61. The molecule has 4 nitrogen and oxygen atoms in total. The van der Waals surface area contributed by atoms with Gasteiger partial charge < -0.3 is 10.2 Å². The number of nitrogens with one attached hydrogen (secondary N) is 1. The molecule has 1 saturated heterocycles. The number of aromatic nitrogens is 1. The van der Waals surface area contributed by atoms with Crippen LogP contribution in [0.3, 0.4) is 0 Å². The van der Waals surface area contributed by atoms with Crippen molar-refractivity contribution < 1.29 is 4.79 Å². The molecule has 1 aliphatic heterocycles. The molecule has 0 bridgehead atoms. The fourth-order valence-corrected chi connectivity index (χ4v) is 4.08. The van der Waals surface area contributed by atoms with E-state index in [4.69, 9.17) is 0 Å². The van der Waals surface area contributed by atoms with Crippen molar-refractivity contribution in [1.29, 1.82) is 0 Å². The Hall–Kier alpha value is -1.07. The Kier molecular flexibility index (Phi) is 8.60. The number of carbonyl (C=O) groups excluding carboxylic acids is 1. The van der Waals surface area contributed by atoms with E-state index < -0.39 is 0 Å². The normalized spacial score (nSPS) is 18.4. The standard InChI is InChI=1S/C19H31N3OS/c1-16(2)9-13-24-15-19(23)22(14-17-6-3-4-11-21-17)18-7-5-10-20-12-8-18/h3-4,6,11,16,18,20H,5,7-10,12-15H2,1-2H3. The maximum absolute atomic E-state index is 12.9.